The first-order valence-electron chi connectivity index (χ1n) is 8.77. The average molecular weight is 373 g/mol. The van der Waals surface area contributed by atoms with Gasteiger partial charge >= 0.3 is 5.97 Å². The molecule has 1 saturated carbocycles. The Hall–Kier alpha value is -2.25. The van der Waals surface area contributed by atoms with E-state index in [9.17, 15) is 9.59 Å². The van der Waals surface area contributed by atoms with Gasteiger partial charge in [0.1, 0.15) is 4.88 Å². The van der Waals surface area contributed by atoms with Gasteiger partial charge in [-0.25, -0.2) is 4.98 Å². The van der Waals surface area contributed by atoms with Gasteiger partial charge in [0.15, 0.2) is 0 Å². The topological polar surface area (TPSA) is 82.5 Å². The molecule has 1 aromatic carbocycles. The molecule has 0 radical (unpaired) electrons. The van der Waals surface area contributed by atoms with Crippen LogP contribution < -0.4 is 5.32 Å². The van der Waals surface area contributed by atoms with Gasteiger partial charge in [-0.3, -0.25) is 14.5 Å². The lowest BCUT2D eigenvalue weighted by Gasteiger charge is -2.42. The number of aryl methyl sites for hydroxylation is 1. The van der Waals surface area contributed by atoms with Crippen molar-refractivity contribution in [3.63, 3.8) is 0 Å². The normalized spacial score (nSPS) is 19.2. The van der Waals surface area contributed by atoms with Crippen LogP contribution >= 0.6 is 11.3 Å². The van der Waals surface area contributed by atoms with E-state index in [0.29, 0.717) is 11.4 Å². The van der Waals surface area contributed by atoms with Crippen LogP contribution in [0.15, 0.2) is 30.3 Å². The predicted molar refractivity (Wildman–Crippen MR) is 101 cm³/mol. The van der Waals surface area contributed by atoms with Crippen molar-refractivity contribution in [2.24, 2.45) is 0 Å². The van der Waals surface area contributed by atoms with Gasteiger partial charge in [-0.2, -0.15) is 0 Å². The van der Waals surface area contributed by atoms with Crippen molar-refractivity contribution in [3.05, 3.63) is 40.2 Å². The third-order valence-corrected chi connectivity index (χ3v) is 5.67. The molecule has 2 aromatic rings. The Morgan fingerprint density at radius 2 is 2.00 bits per heavy atom. The second-order valence-corrected chi connectivity index (χ2v) is 7.73. The molecule has 0 saturated heterocycles. The van der Waals surface area contributed by atoms with Crippen molar-refractivity contribution in [2.75, 3.05) is 13.1 Å². The molecule has 0 aliphatic heterocycles. The fourth-order valence-electron chi connectivity index (χ4n) is 3.30. The molecule has 3 rings (SSSR count). The third-order valence-electron chi connectivity index (χ3n) is 4.70. The number of carboxylic acid groups (broad SMARTS) is 1. The van der Waals surface area contributed by atoms with Gasteiger partial charge < -0.3 is 10.4 Å². The first-order valence-corrected chi connectivity index (χ1v) is 9.59. The zero-order valence-corrected chi connectivity index (χ0v) is 15.8. The SMILES string of the molecule is CCN(CC(=O)O)C1CC(NC(=O)c2sc(C)nc2-c2ccccc2)C1. The summed E-state index contributed by atoms with van der Waals surface area (Å²) in [5.74, 6) is -0.911. The number of nitrogens with zero attached hydrogens (tertiary/aromatic N) is 2. The molecule has 1 fully saturated rings. The number of rotatable bonds is 7. The Morgan fingerprint density at radius 3 is 2.62 bits per heavy atom. The highest BCUT2D eigenvalue weighted by molar-refractivity contribution is 7.14. The van der Waals surface area contributed by atoms with Crippen molar-refractivity contribution >= 4 is 23.2 Å². The maximum atomic E-state index is 12.7. The molecule has 1 amide bonds. The summed E-state index contributed by atoms with van der Waals surface area (Å²) in [7, 11) is 0. The van der Waals surface area contributed by atoms with Crippen molar-refractivity contribution < 1.29 is 14.7 Å². The van der Waals surface area contributed by atoms with Crippen LogP contribution in [-0.2, 0) is 4.79 Å². The summed E-state index contributed by atoms with van der Waals surface area (Å²) in [6.45, 7) is 4.61. The Labute approximate surface area is 156 Å². The minimum atomic E-state index is -0.813. The van der Waals surface area contributed by atoms with Crippen LogP contribution in [0.5, 0.6) is 0 Å². The van der Waals surface area contributed by atoms with E-state index in [2.05, 4.69) is 10.3 Å². The number of aromatic nitrogens is 1. The van der Waals surface area contributed by atoms with Crippen molar-refractivity contribution in [1.29, 1.82) is 0 Å². The van der Waals surface area contributed by atoms with E-state index in [1.54, 1.807) is 0 Å². The van der Waals surface area contributed by atoms with E-state index < -0.39 is 5.97 Å². The third kappa shape index (κ3) is 4.11. The van der Waals surface area contributed by atoms with Gasteiger partial charge in [0, 0.05) is 17.6 Å². The van der Waals surface area contributed by atoms with E-state index in [1.165, 1.54) is 11.3 Å². The van der Waals surface area contributed by atoms with Crippen molar-refractivity contribution in [1.82, 2.24) is 15.2 Å². The Kier molecular flexibility index (Phi) is 5.68. The first kappa shape index (κ1) is 18.5. The van der Waals surface area contributed by atoms with Gasteiger partial charge in [0.05, 0.1) is 17.2 Å². The van der Waals surface area contributed by atoms with Gasteiger partial charge in [-0.1, -0.05) is 37.3 Å². The summed E-state index contributed by atoms with van der Waals surface area (Å²) in [4.78, 5) is 30.7. The molecule has 0 spiro atoms. The lowest BCUT2D eigenvalue weighted by molar-refractivity contribution is -0.139. The van der Waals surface area contributed by atoms with E-state index >= 15 is 0 Å². The van der Waals surface area contributed by atoms with Gasteiger partial charge in [0.2, 0.25) is 0 Å². The van der Waals surface area contributed by atoms with E-state index in [-0.39, 0.29) is 24.5 Å². The van der Waals surface area contributed by atoms with Crippen molar-refractivity contribution in [3.8, 4) is 11.3 Å². The highest BCUT2D eigenvalue weighted by Gasteiger charge is 2.35. The van der Waals surface area contributed by atoms with Gasteiger partial charge in [-0.15, -0.1) is 11.3 Å². The quantitative estimate of drug-likeness (QED) is 0.780. The molecular weight excluding hydrogens is 350 g/mol. The van der Waals surface area contributed by atoms with Crippen LogP contribution in [0.3, 0.4) is 0 Å². The number of likely N-dealkylation sites (N-methyl/N-ethyl adjacent to an activating group) is 1. The molecule has 1 aliphatic carbocycles. The highest BCUT2D eigenvalue weighted by Crippen LogP contribution is 2.30. The Balaban J connectivity index is 1.63. The van der Waals surface area contributed by atoms with Crippen molar-refractivity contribution in [2.45, 2.75) is 38.8 Å². The van der Waals surface area contributed by atoms with Crippen LogP contribution in [-0.4, -0.2) is 52.0 Å². The van der Waals surface area contributed by atoms with Gasteiger partial charge in [0.25, 0.3) is 5.91 Å². The molecule has 0 atom stereocenters. The number of hydrogen-bond acceptors (Lipinski definition) is 5. The summed E-state index contributed by atoms with van der Waals surface area (Å²) < 4.78 is 0. The molecule has 0 bridgehead atoms. The largest absolute Gasteiger partial charge is 0.480 e. The maximum absolute atomic E-state index is 12.7. The summed E-state index contributed by atoms with van der Waals surface area (Å²) in [5.41, 5.74) is 1.66. The minimum Gasteiger partial charge on any atom is -0.480 e. The lowest BCUT2D eigenvalue weighted by Crippen LogP contribution is -2.54. The standard InChI is InChI=1S/C19H23N3O3S/c1-3-22(11-16(23)24)15-9-14(10-15)21-19(25)18-17(20-12(2)26-18)13-7-5-4-6-8-13/h4-8,14-15H,3,9-11H2,1-2H3,(H,21,25)(H,23,24). The second kappa shape index (κ2) is 7.97. The highest BCUT2D eigenvalue weighted by atomic mass is 32.1. The number of nitrogens with one attached hydrogen (secondary N) is 1. The summed E-state index contributed by atoms with van der Waals surface area (Å²) in [5, 5.41) is 12.9. The number of benzene rings is 1. The molecule has 1 aliphatic rings. The van der Waals surface area contributed by atoms with Crippen LogP contribution in [0.25, 0.3) is 11.3 Å². The van der Waals surface area contributed by atoms with Crippen LogP contribution in [0.2, 0.25) is 0 Å². The Morgan fingerprint density at radius 1 is 1.31 bits per heavy atom. The van der Waals surface area contributed by atoms with E-state index in [1.807, 2.05) is 49.1 Å². The molecule has 1 aromatic heterocycles. The molecule has 6 nitrogen and oxygen atoms in total. The van der Waals surface area contributed by atoms with Gasteiger partial charge in [-0.05, 0) is 26.3 Å². The molecule has 138 valence electrons. The number of carbonyl (C=O) groups is 2. The molecule has 7 heteroatoms. The lowest BCUT2D eigenvalue weighted by atomic mass is 9.85. The number of thiazole rings is 1. The molecule has 0 unspecified atom stereocenters. The number of hydrogen-bond donors (Lipinski definition) is 2. The molecule has 2 N–H and O–H groups in total. The smallest absolute Gasteiger partial charge is 0.317 e. The molecular formula is C19H23N3O3S. The molecule has 1 heterocycles. The molecule has 26 heavy (non-hydrogen) atoms. The van der Waals surface area contributed by atoms with Crippen LogP contribution in [0, 0.1) is 6.92 Å². The number of aliphatic carboxylic acids is 1. The maximum Gasteiger partial charge on any atom is 0.317 e. The van der Waals surface area contributed by atoms with E-state index in [4.69, 9.17) is 5.11 Å². The zero-order chi connectivity index (χ0) is 18.7. The van der Waals surface area contributed by atoms with E-state index in [0.717, 1.165) is 29.1 Å². The summed E-state index contributed by atoms with van der Waals surface area (Å²) >= 11 is 1.40. The van der Waals surface area contributed by atoms with Crippen LogP contribution in [0.1, 0.15) is 34.4 Å². The number of carbonyl (C=O) groups excluding carboxylic acids is 1. The Bertz CT molecular complexity index is 785. The number of carboxylic acids is 1. The van der Waals surface area contributed by atoms with Crippen LogP contribution in [0.4, 0.5) is 0 Å². The summed E-state index contributed by atoms with van der Waals surface area (Å²) in [6, 6.07) is 10.0. The first-order chi connectivity index (χ1) is 12.5. The summed E-state index contributed by atoms with van der Waals surface area (Å²) in [6.07, 6.45) is 1.57. The monoisotopic (exact) mass is 373 g/mol. The minimum absolute atomic E-state index is 0.0496. The fourth-order valence-corrected chi connectivity index (χ4v) is 4.14. The number of amides is 1. The second-order valence-electron chi connectivity index (χ2n) is 6.53. The predicted octanol–water partition coefficient (Wildman–Crippen LogP) is 2.79. The fraction of sp³-hybridized carbons (Fsp3) is 0.421. The zero-order valence-electron chi connectivity index (χ0n) is 14.9. The average Bonchev–Trinajstić information content (AvgIpc) is 2.98.